The number of hydrogen-bond acceptors (Lipinski definition) is 4. The number of imidazole rings is 1. The summed E-state index contributed by atoms with van der Waals surface area (Å²) in [4.78, 5) is 8.76. The Morgan fingerprint density at radius 2 is 2.21 bits per heavy atom. The van der Waals surface area contributed by atoms with Crippen LogP contribution in [0.25, 0.3) is 5.65 Å². The van der Waals surface area contributed by atoms with Crippen molar-refractivity contribution in [3.05, 3.63) is 18.6 Å². The van der Waals surface area contributed by atoms with Gasteiger partial charge in [0.2, 0.25) is 5.65 Å². The first-order valence-corrected chi connectivity index (χ1v) is 7.01. The molecule has 0 amide bonds. The van der Waals surface area contributed by atoms with E-state index in [0.29, 0.717) is 11.8 Å². The molecule has 0 aromatic carbocycles. The summed E-state index contributed by atoms with van der Waals surface area (Å²) in [5.74, 6) is 2.09. The summed E-state index contributed by atoms with van der Waals surface area (Å²) < 4.78 is 7.86. The van der Waals surface area contributed by atoms with Gasteiger partial charge in [-0.15, -0.1) is 0 Å². The Morgan fingerprint density at radius 1 is 1.37 bits per heavy atom. The molecule has 19 heavy (non-hydrogen) atoms. The summed E-state index contributed by atoms with van der Waals surface area (Å²) in [6, 6.07) is 0. The molecule has 5 heteroatoms. The largest absolute Gasteiger partial charge is 0.475 e. The van der Waals surface area contributed by atoms with E-state index in [1.165, 1.54) is 32.1 Å². The number of ether oxygens (including phenoxy) is 1. The standard InChI is InChI=1S/C14H20N4O/c1-15-12-9-18-8-7-16-13(18)14(17-12)19-10-11-5-3-2-4-6-11/h7-9,11,15H,2-6,10H2,1H3. The second kappa shape index (κ2) is 5.47. The van der Waals surface area contributed by atoms with Crippen molar-refractivity contribution in [3.63, 3.8) is 0 Å². The van der Waals surface area contributed by atoms with E-state index in [2.05, 4.69) is 15.3 Å². The third kappa shape index (κ3) is 2.64. The van der Waals surface area contributed by atoms with Gasteiger partial charge in [-0.2, -0.15) is 4.98 Å². The van der Waals surface area contributed by atoms with E-state index in [1.807, 2.05) is 23.8 Å². The van der Waals surface area contributed by atoms with Gasteiger partial charge in [0.15, 0.2) is 0 Å². The van der Waals surface area contributed by atoms with E-state index in [4.69, 9.17) is 4.74 Å². The van der Waals surface area contributed by atoms with Gasteiger partial charge >= 0.3 is 0 Å². The van der Waals surface area contributed by atoms with Crippen LogP contribution in [0, 0.1) is 5.92 Å². The summed E-state index contributed by atoms with van der Waals surface area (Å²) in [7, 11) is 1.86. The average molecular weight is 260 g/mol. The Morgan fingerprint density at radius 3 is 3.00 bits per heavy atom. The van der Waals surface area contributed by atoms with Crippen molar-refractivity contribution in [3.8, 4) is 5.88 Å². The number of nitrogens with zero attached hydrogens (tertiary/aromatic N) is 3. The van der Waals surface area contributed by atoms with Gasteiger partial charge in [-0.1, -0.05) is 19.3 Å². The Labute approximate surface area is 113 Å². The number of fused-ring (bicyclic) bond motifs is 1. The quantitative estimate of drug-likeness (QED) is 0.918. The normalized spacial score (nSPS) is 16.7. The Balaban J connectivity index is 1.77. The summed E-state index contributed by atoms with van der Waals surface area (Å²) in [5, 5.41) is 3.05. The van der Waals surface area contributed by atoms with E-state index in [0.717, 1.165) is 18.1 Å². The van der Waals surface area contributed by atoms with Gasteiger partial charge in [0.25, 0.3) is 5.88 Å². The van der Waals surface area contributed by atoms with Crippen LogP contribution in [0.1, 0.15) is 32.1 Å². The molecular formula is C14H20N4O. The minimum Gasteiger partial charge on any atom is -0.475 e. The van der Waals surface area contributed by atoms with Crippen LogP contribution >= 0.6 is 0 Å². The Kier molecular flexibility index (Phi) is 3.53. The molecule has 0 radical (unpaired) electrons. The van der Waals surface area contributed by atoms with Crippen LogP contribution in [0.15, 0.2) is 18.6 Å². The zero-order valence-corrected chi connectivity index (χ0v) is 11.3. The van der Waals surface area contributed by atoms with Gasteiger partial charge in [-0.05, 0) is 18.8 Å². The molecule has 5 nitrogen and oxygen atoms in total. The van der Waals surface area contributed by atoms with Crippen molar-refractivity contribution in [1.29, 1.82) is 0 Å². The lowest BCUT2D eigenvalue weighted by Crippen LogP contribution is -2.16. The van der Waals surface area contributed by atoms with Crippen LogP contribution in [0.4, 0.5) is 5.82 Å². The Hall–Kier alpha value is -1.78. The fourth-order valence-electron chi connectivity index (χ4n) is 2.67. The van der Waals surface area contributed by atoms with Crippen molar-refractivity contribution in [2.45, 2.75) is 32.1 Å². The van der Waals surface area contributed by atoms with Crippen LogP contribution < -0.4 is 10.1 Å². The van der Waals surface area contributed by atoms with Gasteiger partial charge in [0.1, 0.15) is 5.82 Å². The first kappa shape index (κ1) is 12.3. The molecule has 1 aliphatic rings. The molecule has 1 fully saturated rings. The summed E-state index contributed by atoms with van der Waals surface area (Å²) >= 11 is 0. The van der Waals surface area contributed by atoms with Crippen molar-refractivity contribution in [2.75, 3.05) is 19.0 Å². The van der Waals surface area contributed by atoms with Gasteiger partial charge in [0, 0.05) is 19.4 Å². The first-order chi connectivity index (χ1) is 9.36. The van der Waals surface area contributed by atoms with Crippen LogP contribution in [0.5, 0.6) is 5.88 Å². The third-order valence-electron chi connectivity index (χ3n) is 3.78. The molecule has 3 rings (SSSR count). The smallest absolute Gasteiger partial charge is 0.260 e. The fraction of sp³-hybridized carbons (Fsp3) is 0.571. The predicted octanol–water partition coefficient (Wildman–Crippen LogP) is 2.73. The average Bonchev–Trinajstić information content (AvgIpc) is 2.94. The van der Waals surface area contributed by atoms with Gasteiger partial charge in [0.05, 0.1) is 12.8 Å². The highest BCUT2D eigenvalue weighted by molar-refractivity contribution is 5.53. The third-order valence-corrected chi connectivity index (χ3v) is 3.78. The highest BCUT2D eigenvalue weighted by Crippen LogP contribution is 2.25. The molecule has 2 heterocycles. The number of anilines is 1. The van der Waals surface area contributed by atoms with Crippen molar-refractivity contribution in [1.82, 2.24) is 14.4 Å². The van der Waals surface area contributed by atoms with E-state index < -0.39 is 0 Å². The topological polar surface area (TPSA) is 51.5 Å². The molecule has 0 unspecified atom stereocenters. The monoisotopic (exact) mass is 260 g/mol. The van der Waals surface area contributed by atoms with Crippen LogP contribution in [0.2, 0.25) is 0 Å². The SMILES string of the molecule is CNc1cn2ccnc2c(OCC2CCCCC2)n1. The molecule has 0 saturated heterocycles. The maximum Gasteiger partial charge on any atom is 0.260 e. The van der Waals surface area contributed by atoms with E-state index >= 15 is 0 Å². The van der Waals surface area contributed by atoms with Gasteiger partial charge < -0.3 is 10.1 Å². The van der Waals surface area contributed by atoms with Crippen molar-refractivity contribution in [2.24, 2.45) is 5.92 Å². The molecule has 0 aliphatic heterocycles. The molecule has 0 spiro atoms. The Bertz CT molecular complexity index is 545. The molecule has 2 aromatic rings. The molecule has 2 aromatic heterocycles. The first-order valence-electron chi connectivity index (χ1n) is 7.01. The summed E-state index contributed by atoms with van der Waals surface area (Å²) in [5.41, 5.74) is 0.787. The van der Waals surface area contributed by atoms with Gasteiger partial charge in [-0.25, -0.2) is 4.98 Å². The summed E-state index contributed by atoms with van der Waals surface area (Å²) in [6.07, 6.45) is 12.2. The molecule has 1 saturated carbocycles. The van der Waals surface area contributed by atoms with Crippen LogP contribution in [-0.4, -0.2) is 28.0 Å². The molecular weight excluding hydrogens is 240 g/mol. The molecule has 1 aliphatic carbocycles. The number of rotatable bonds is 4. The number of aromatic nitrogens is 3. The van der Waals surface area contributed by atoms with Crippen molar-refractivity contribution < 1.29 is 4.74 Å². The second-order valence-corrected chi connectivity index (χ2v) is 5.15. The zero-order chi connectivity index (χ0) is 13.1. The van der Waals surface area contributed by atoms with E-state index in [-0.39, 0.29) is 0 Å². The minimum atomic E-state index is 0.627. The van der Waals surface area contributed by atoms with Crippen LogP contribution in [0.3, 0.4) is 0 Å². The molecule has 0 atom stereocenters. The van der Waals surface area contributed by atoms with E-state index in [9.17, 15) is 0 Å². The van der Waals surface area contributed by atoms with Crippen LogP contribution in [-0.2, 0) is 0 Å². The number of hydrogen-bond donors (Lipinski definition) is 1. The highest BCUT2D eigenvalue weighted by Gasteiger charge is 2.16. The summed E-state index contributed by atoms with van der Waals surface area (Å²) in [6.45, 7) is 0.753. The maximum atomic E-state index is 5.93. The minimum absolute atomic E-state index is 0.627. The lowest BCUT2D eigenvalue weighted by atomic mass is 9.90. The maximum absolute atomic E-state index is 5.93. The fourth-order valence-corrected chi connectivity index (χ4v) is 2.67. The van der Waals surface area contributed by atoms with Gasteiger partial charge in [-0.3, -0.25) is 4.40 Å². The zero-order valence-electron chi connectivity index (χ0n) is 11.3. The lowest BCUT2D eigenvalue weighted by molar-refractivity contribution is 0.204. The predicted molar refractivity (Wildman–Crippen MR) is 74.6 cm³/mol. The van der Waals surface area contributed by atoms with Crippen molar-refractivity contribution >= 4 is 11.5 Å². The molecule has 0 bridgehead atoms. The lowest BCUT2D eigenvalue weighted by Gasteiger charge is -2.21. The molecule has 102 valence electrons. The second-order valence-electron chi connectivity index (χ2n) is 5.15. The van der Waals surface area contributed by atoms with E-state index in [1.54, 1.807) is 6.20 Å². The highest BCUT2D eigenvalue weighted by atomic mass is 16.5. The number of nitrogens with one attached hydrogen (secondary N) is 1. The molecule has 1 N–H and O–H groups in total.